The number of nitrogens with zero attached hydrogens (tertiary/aromatic N) is 2. The number of rotatable bonds is 6. The topological polar surface area (TPSA) is 103 Å². The van der Waals surface area contributed by atoms with Crippen LogP contribution < -0.4 is 0 Å². The van der Waals surface area contributed by atoms with E-state index in [0.717, 1.165) is 19.3 Å². The first-order chi connectivity index (χ1) is 11.0. The third-order valence-electron chi connectivity index (χ3n) is 4.31. The Bertz CT molecular complexity index is 630. The molecule has 7 nitrogen and oxygen atoms in total. The van der Waals surface area contributed by atoms with E-state index >= 15 is 0 Å². The molecule has 0 N–H and O–H groups in total. The van der Waals surface area contributed by atoms with Crippen LogP contribution in [0.3, 0.4) is 0 Å². The zero-order valence-electron chi connectivity index (χ0n) is 12.6. The van der Waals surface area contributed by atoms with Crippen LogP contribution in [0, 0.1) is 20.2 Å². The van der Waals surface area contributed by atoms with Gasteiger partial charge in [-0.1, -0.05) is 6.42 Å². The maximum atomic E-state index is 11.5. The van der Waals surface area contributed by atoms with Gasteiger partial charge in [-0.2, -0.15) is 0 Å². The molecule has 0 heterocycles. The molecule has 122 valence electrons. The summed E-state index contributed by atoms with van der Waals surface area (Å²) in [5.41, 5.74) is -0.139. The third kappa shape index (κ3) is 4.00. The molecular weight excluding hydrogens is 300 g/mol. The summed E-state index contributed by atoms with van der Waals surface area (Å²) >= 11 is 0. The molecule has 23 heavy (non-hydrogen) atoms. The van der Waals surface area contributed by atoms with Crippen molar-refractivity contribution in [3.63, 3.8) is 0 Å². The highest BCUT2D eigenvalue weighted by Crippen LogP contribution is 2.36. The molecule has 1 aromatic rings. The van der Waals surface area contributed by atoms with Crippen LogP contribution in [-0.2, 0) is 4.79 Å². The summed E-state index contributed by atoms with van der Waals surface area (Å²) in [6, 6.07) is 5.75. The Balaban J connectivity index is 2.22. The highest BCUT2D eigenvalue weighted by atomic mass is 16.6. The molecule has 0 bridgehead atoms. The maximum Gasteiger partial charge on any atom is 0.269 e. The first-order valence-corrected chi connectivity index (χ1v) is 7.51. The number of carbonyl (C=O) groups excluding carboxylic acids is 1. The highest BCUT2D eigenvalue weighted by Gasteiger charge is 2.44. The number of carbonyl (C=O) groups is 1. The van der Waals surface area contributed by atoms with Crippen LogP contribution >= 0.6 is 0 Å². The summed E-state index contributed by atoms with van der Waals surface area (Å²) in [7, 11) is 0. The third-order valence-corrected chi connectivity index (χ3v) is 4.31. The van der Waals surface area contributed by atoms with Gasteiger partial charge in [0.25, 0.3) is 5.69 Å². The van der Waals surface area contributed by atoms with Crippen LogP contribution in [-0.4, -0.2) is 21.7 Å². The average Bonchev–Trinajstić information content (AvgIpc) is 2.55. The highest BCUT2D eigenvalue weighted by molar-refractivity contribution is 5.82. The van der Waals surface area contributed by atoms with E-state index in [1.165, 1.54) is 24.3 Å². The van der Waals surface area contributed by atoms with Crippen LogP contribution in [0.4, 0.5) is 5.69 Å². The number of non-ortho nitro benzene ring substituents is 1. The molecule has 1 aromatic carbocycles. The van der Waals surface area contributed by atoms with Crippen LogP contribution in [0.2, 0.25) is 0 Å². The van der Waals surface area contributed by atoms with Gasteiger partial charge >= 0.3 is 0 Å². The summed E-state index contributed by atoms with van der Waals surface area (Å²) in [6.45, 7) is 0. The normalized spacial score (nSPS) is 17.5. The Labute approximate surface area is 133 Å². The molecule has 0 atom stereocenters. The van der Waals surface area contributed by atoms with Gasteiger partial charge in [0.2, 0.25) is 5.54 Å². The SMILES string of the molecule is O=C/C(=C\c1ccc([N+](=O)[O-])cc1)CC1([N+](=O)[O-])CCCCC1. The summed E-state index contributed by atoms with van der Waals surface area (Å²) in [5, 5.41) is 22.1. The standard InChI is InChI=1S/C16H18N2O5/c19-12-14(10-13-4-6-15(7-5-13)17(20)21)11-16(18(22)23)8-2-1-3-9-16/h4-7,10,12H,1-3,8-9,11H2/b14-10-. The molecule has 0 aromatic heterocycles. The van der Waals surface area contributed by atoms with Crippen molar-refractivity contribution in [2.45, 2.75) is 44.1 Å². The van der Waals surface area contributed by atoms with Gasteiger partial charge in [-0.15, -0.1) is 0 Å². The Hall–Kier alpha value is -2.57. The molecule has 0 spiro atoms. The fourth-order valence-corrected chi connectivity index (χ4v) is 3.05. The van der Waals surface area contributed by atoms with Crippen molar-refractivity contribution in [2.24, 2.45) is 0 Å². The van der Waals surface area contributed by atoms with E-state index < -0.39 is 10.5 Å². The van der Waals surface area contributed by atoms with Gasteiger partial charge in [-0.25, -0.2) is 0 Å². The number of aldehydes is 1. The maximum absolute atomic E-state index is 11.5. The van der Waals surface area contributed by atoms with E-state index in [2.05, 4.69) is 0 Å². The van der Waals surface area contributed by atoms with E-state index in [-0.39, 0.29) is 17.0 Å². The van der Waals surface area contributed by atoms with Gasteiger partial charge in [0.05, 0.1) is 4.92 Å². The zero-order chi connectivity index (χ0) is 16.9. The molecule has 1 fully saturated rings. The molecule has 0 unspecified atom stereocenters. The summed E-state index contributed by atoms with van der Waals surface area (Å²) in [4.78, 5) is 32.7. The second-order valence-corrected chi connectivity index (χ2v) is 5.90. The van der Waals surface area contributed by atoms with E-state index in [4.69, 9.17) is 0 Å². The number of hydrogen-bond donors (Lipinski definition) is 0. The van der Waals surface area contributed by atoms with Crippen molar-refractivity contribution in [3.8, 4) is 0 Å². The second kappa shape index (κ2) is 7.13. The second-order valence-electron chi connectivity index (χ2n) is 5.90. The smallest absolute Gasteiger partial charge is 0.269 e. The number of hydrogen-bond acceptors (Lipinski definition) is 5. The average molecular weight is 318 g/mol. The van der Waals surface area contributed by atoms with Gasteiger partial charge < -0.3 is 0 Å². The molecule has 1 saturated carbocycles. The number of benzene rings is 1. The van der Waals surface area contributed by atoms with E-state index in [1.54, 1.807) is 6.08 Å². The molecule has 0 saturated heterocycles. The van der Waals surface area contributed by atoms with Gasteiger partial charge in [0.15, 0.2) is 0 Å². The Kier molecular flexibility index (Phi) is 5.20. The van der Waals surface area contributed by atoms with Crippen LogP contribution in [0.15, 0.2) is 29.8 Å². The van der Waals surface area contributed by atoms with Gasteiger partial charge in [-0.3, -0.25) is 25.0 Å². The minimum absolute atomic E-state index is 0.0381. The van der Waals surface area contributed by atoms with Crippen molar-refractivity contribution < 1.29 is 14.6 Å². The van der Waals surface area contributed by atoms with E-state index in [0.29, 0.717) is 30.3 Å². The van der Waals surface area contributed by atoms with Crippen molar-refractivity contribution >= 4 is 18.0 Å². The molecule has 0 aliphatic heterocycles. The van der Waals surface area contributed by atoms with Crippen LogP contribution in [0.5, 0.6) is 0 Å². The van der Waals surface area contributed by atoms with E-state index in [1.807, 2.05) is 0 Å². The summed E-state index contributed by atoms with van der Waals surface area (Å²) in [6.07, 6.45) is 5.84. The minimum Gasteiger partial charge on any atom is -0.298 e. The lowest BCUT2D eigenvalue weighted by Crippen LogP contribution is -2.40. The quantitative estimate of drug-likeness (QED) is 0.345. The van der Waals surface area contributed by atoms with Gasteiger partial charge in [-0.05, 0) is 42.2 Å². The predicted molar refractivity (Wildman–Crippen MR) is 84.6 cm³/mol. The lowest BCUT2D eigenvalue weighted by molar-refractivity contribution is -0.574. The fourth-order valence-electron chi connectivity index (χ4n) is 3.05. The lowest BCUT2D eigenvalue weighted by Gasteiger charge is -2.29. The molecule has 2 rings (SSSR count). The lowest BCUT2D eigenvalue weighted by atomic mass is 9.78. The molecule has 1 aliphatic rings. The van der Waals surface area contributed by atoms with Crippen molar-refractivity contribution in [3.05, 3.63) is 55.6 Å². The van der Waals surface area contributed by atoms with Crippen molar-refractivity contribution in [1.82, 2.24) is 0 Å². The Morgan fingerprint density at radius 3 is 2.17 bits per heavy atom. The van der Waals surface area contributed by atoms with Crippen LogP contribution in [0.1, 0.15) is 44.1 Å². The minimum atomic E-state index is -1.06. The molecule has 0 radical (unpaired) electrons. The van der Waals surface area contributed by atoms with Gasteiger partial charge in [0.1, 0.15) is 6.29 Å². The summed E-state index contributed by atoms with van der Waals surface area (Å²) in [5.74, 6) is 0. The van der Waals surface area contributed by atoms with E-state index in [9.17, 15) is 25.0 Å². The molecule has 0 amide bonds. The number of nitro benzene ring substituents is 1. The monoisotopic (exact) mass is 318 g/mol. The molecule has 1 aliphatic carbocycles. The number of nitro groups is 2. The molecular formula is C16H18N2O5. The zero-order valence-corrected chi connectivity index (χ0v) is 12.6. The summed E-state index contributed by atoms with van der Waals surface area (Å²) < 4.78 is 0. The first kappa shape index (κ1) is 16.8. The largest absolute Gasteiger partial charge is 0.298 e. The fraction of sp³-hybridized carbons (Fsp3) is 0.438. The Morgan fingerprint density at radius 2 is 1.70 bits per heavy atom. The molecule has 7 heteroatoms. The van der Waals surface area contributed by atoms with Crippen LogP contribution in [0.25, 0.3) is 6.08 Å². The van der Waals surface area contributed by atoms with Crippen molar-refractivity contribution in [1.29, 1.82) is 0 Å². The van der Waals surface area contributed by atoms with Gasteiger partial charge in [0, 0.05) is 36.3 Å². The first-order valence-electron chi connectivity index (χ1n) is 7.51. The Morgan fingerprint density at radius 1 is 1.09 bits per heavy atom. The predicted octanol–water partition coefficient (Wildman–Crippen LogP) is 3.55. The van der Waals surface area contributed by atoms with Crippen molar-refractivity contribution in [2.75, 3.05) is 0 Å².